The first kappa shape index (κ1) is 21.9. The van der Waals surface area contributed by atoms with Crippen LogP contribution in [0.5, 0.6) is 5.75 Å². The number of amides is 1. The summed E-state index contributed by atoms with van der Waals surface area (Å²) in [5.74, 6) is 0.327. The van der Waals surface area contributed by atoms with Crippen LogP contribution >= 0.6 is 0 Å². The van der Waals surface area contributed by atoms with Gasteiger partial charge in [-0.05, 0) is 45.0 Å². The molecule has 7 nitrogen and oxygen atoms in total. The van der Waals surface area contributed by atoms with Crippen molar-refractivity contribution >= 4 is 17.6 Å². The first-order valence-corrected chi connectivity index (χ1v) is 8.64. The highest BCUT2D eigenvalue weighted by Gasteiger charge is 2.15. The number of nitrogens with one attached hydrogen (secondary N) is 1. The molecule has 0 radical (unpaired) electrons. The summed E-state index contributed by atoms with van der Waals surface area (Å²) in [5, 5.41) is 2.69. The van der Waals surface area contributed by atoms with E-state index in [4.69, 9.17) is 18.9 Å². The van der Waals surface area contributed by atoms with Crippen molar-refractivity contribution in [3.63, 3.8) is 0 Å². The fraction of sp³-hybridized carbons (Fsp3) is 0.579. The number of esters is 1. The van der Waals surface area contributed by atoms with Crippen molar-refractivity contribution in [3.05, 3.63) is 24.3 Å². The van der Waals surface area contributed by atoms with Gasteiger partial charge in [0.25, 0.3) is 0 Å². The summed E-state index contributed by atoms with van der Waals surface area (Å²) in [4.78, 5) is 22.4. The number of benzene rings is 1. The summed E-state index contributed by atoms with van der Waals surface area (Å²) in [6.07, 6.45) is 0.231. The first-order valence-electron chi connectivity index (χ1n) is 8.64. The van der Waals surface area contributed by atoms with Gasteiger partial charge in [-0.15, -0.1) is 0 Å². The first-order chi connectivity index (χ1) is 12.3. The fourth-order valence-corrected chi connectivity index (χ4v) is 1.93. The van der Waals surface area contributed by atoms with Gasteiger partial charge in [-0.2, -0.15) is 0 Å². The second-order valence-corrected chi connectivity index (χ2v) is 6.62. The Morgan fingerprint density at radius 3 is 2.08 bits per heavy atom. The molecule has 0 heterocycles. The van der Waals surface area contributed by atoms with E-state index in [9.17, 15) is 9.59 Å². The molecular weight excluding hydrogens is 338 g/mol. The third kappa shape index (κ3) is 11.4. The number of carbonyl (C=O) groups is 2. The van der Waals surface area contributed by atoms with Gasteiger partial charge in [0.1, 0.15) is 18.0 Å². The van der Waals surface area contributed by atoms with Crippen LogP contribution in [0.3, 0.4) is 0 Å². The molecule has 0 aliphatic rings. The number of carbonyl (C=O) groups excluding carboxylic acids is 2. The van der Waals surface area contributed by atoms with Crippen LogP contribution in [0, 0.1) is 0 Å². The van der Waals surface area contributed by atoms with E-state index < -0.39 is 5.60 Å². The molecule has 0 atom stereocenters. The fourth-order valence-electron chi connectivity index (χ4n) is 1.93. The molecule has 0 aromatic heterocycles. The standard InChI is InChI=1S/C19H29NO6/c1-15(21)20-16-5-7-17(8-6-16)25-14-13-24-12-11-23-10-9-18(22)26-19(2,3)4/h5-8H,9-14H2,1-4H3,(H,20,21). The summed E-state index contributed by atoms with van der Waals surface area (Å²) in [7, 11) is 0. The van der Waals surface area contributed by atoms with Gasteiger partial charge in [-0.25, -0.2) is 0 Å². The number of hydrogen-bond acceptors (Lipinski definition) is 6. The largest absolute Gasteiger partial charge is 0.491 e. The van der Waals surface area contributed by atoms with Gasteiger partial charge in [0, 0.05) is 12.6 Å². The van der Waals surface area contributed by atoms with Gasteiger partial charge in [0.15, 0.2) is 0 Å². The Kier molecular flexibility index (Phi) is 9.69. The number of ether oxygens (including phenoxy) is 4. The Bertz CT molecular complexity index is 550. The zero-order valence-corrected chi connectivity index (χ0v) is 16.0. The molecule has 0 fully saturated rings. The van der Waals surface area contributed by atoms with Gasteiger partial charge < -0.3 is 24.3 Å². The van der Waals surface area contributed by atoms with E-state index in [-0.39, 0.29) is 18.3 Å². The summed E-state index contributed by atoms with van der Waals surface area (Å²) >= 11 is 0. The Labute approximate surface area is 155 Å². The Balaban J connectivity index is 1.99. The van der Waals surface area contributed by atoms with Gasteiger partial charge >= 0.3 is 5.97 Å². The minimum absolute atomic E-state index is 0.111. The summed E-state index contributed by atoms with van der Waals surface area (Å²) in [6, 6.07) is 7.11. The molecule has 7 heteroatoms. The number of anilines is 1. The SMILES string of the molecule is CC(=O)Nc1ccc(OCCOCCOCCC(=O)OC(C)(C)C)cc1. The molecule has 1 N–H and O–H groups in total. The van der Waals surface area contributed by atoms with Gasteiger partial charge in [-0.1, -0.05) is 0 Å². The molecule has 0 unspecified atom stereocenters. The van der Waals surface area contributed by atoms with Gasteiger partial charge in [0.2, 0.25) is 5.91 Å². The highest BCUT2D eigenvalue weighted by Crippen LogP contribution is 2.15. The zero-order valence-electron chi connectivity index (χ0n) is 16.0. The molecule has 1 amide bonds. The average Bonchev–Trinajstić information content (AvgIpc) is 2.52. The summed E-state index contributed by atoms with van der Waals surface area (Å²) < 4.78 is 21.4. The molecule has 0 bridgehead atoms. The van der Waals surface area contributed by atoms with Crippen molar-refractivity contribution < 1.29 is 28.5 Å². The third-order valence-electron chi connectivity index (χ3n) is 2.91. The van der Waals surface area contributed by atoms with Crippen molar-refractivity contribution in [2.75, 3.05) is 38.4 Å². The quantitative estimate of drug-likeness (QED) is 0.478. The maximum Gasteiger partial charge on any atom is 0.308 e. The lowest BCUT2D eigenvalue weighted by Crippen LogP contribution is -2.24. The summed E-state index contributed by atoms with van der Waals surface area (Å²) in [5.41, 5.74) is 0.259. The van der Waals surface area contributed by atoms with Crippen LogP contribution in [0.4, 0.5) is 5.69 Å². The predicted molar refractivity (Wildman–Crippen MR) is 98.3 cm³/mol. The molecule has 0 aliphatic heterocycles. The molecule has 1 aromatic rings. The van der Waals surface area contributed by atoms with Crippen molar-refractivity contribution in [2.24, 2.45) is 0 Å². The van der Waals surface area contributed by atoms with E-state index in [2.05, 4.69) is 5.32 Å². The highest BCUT2D eigenvalue weighted by molar-refractivity contribution is 5.88. The smallest absolute Gasteiger partial charge is 0.308 e. The second-order valence-electron chi connectivity index (χ2n) is 6.62. The van der Waals surface area contributed by atoms with Gasteiger partial charge in [-0.3, -0.25) is 9.59 Å². The number of hydrogen-bond donors (Lipinski definition) is 1. The zero-order chi connectivity index (χ0) is 19.4. The van der Waals surface area contributed by atoms with Crippen molar-refractivity contribution in [3.8, 4) is 5.75 Å². The van der Waals surface area contributed by atoms with Crippen molar-refractivity contribution in [1.29, 1.82) is 0 Å². The van der Waals surface area contributed by atoms with E-state index in [1.54, 1.807) is 24.3 Å². The van der Waals surface area contributed by atoms with E-state index in [0.717, 1.165) is 5.69 Å². The van der Waals surface area contributed by atoms with Crippen LogP contribution in [0.25, 0.3) is 0 Å². The average molecular weight is 367 g/mol. The monoisotopic (exact) mass is 367 g/mol. The van der Waals surface area contributed by atoms with E-state index in [1.807, 2.05) is 20.8 Å². The Morgan fingerprint density at radius 2 is 1.50 bits per heavy atom. The van der Waals surface area contributed by atoms with Crippen molar-refractivity contribution in [2.45, 2.75) is 39.7 Å². The minimum Gasteiger partial charge on any atom is -0.491 e. The van der Waals surface area contributed by atoms with Crippen LogP contribution in [-0.2, 0) is 23.8 Å². The lowest BCUT2D eigenvalue weighted by molar-refractivity contribution is -0.156. The van der Waals surface area contributed by atoms with E-state index in [1.165, 1.54) is 6.92 Å². The molecule has 0 spiro atoms. The molecular formula is C19H29NO6. The maximum atomic E-state index is 11.5. The molecule has 26 heavy (non-hydrogen) atoms. The van der Waals surface area contributed by atoms with Crippen LogP contribution in [0.2, 0.25) is 0 Å². The van der Waals surface area contributed by atoms with Crippen LogP contribution in [-0.4, -0.2) is 50.5 Å². The minimum atomic E-state index is -0.468. The molecule has 0 saturated heterocycles. The van der Waals surface area contributed by atoms with Gasteiger partial charge in [0.05, 0.1) is 32.8 Å². The lowest BCUT2D eigenvalue weighted by atomic mass is 10.2. The maximum absolute atomic E-state index is 11.5. The van der Waals surface area contributed by atoms with Crippen LogP contribution in [0.1, 0.15) is 34.1 Å². The second kappa shape index (κ2) is 11.5. The molecule has 1 aromatic carbocycles. The van der Waals surface area contributed by atoms with Crippen molar-refractivity contribution in [1.82, 2.24) is 0 Å². The molecule has 1 rings (SSSR count). The normalized spacial score (nSPS) is 11.1. The third-order valence-corrected chi connectivity index (χ3v) is 2.91. The summed E-state index contributed by atoms with van der Waals surface area (Å²) in [6.45, 7) is 8.96. The van der Waals surface area contributed by atoms with Crippen LogP contribution in [0.15, 0.2) is 24.3 Å². The molecule has 0 aliphatic carbocycles. The predicted octanol–water partition coefficient (Wildman–Crippen LogP) is 2.79. The van der Waals surface area contributed by atoms with E-state index >= 15 is 0 Å². The number of rotatable bonds is 11. The Morgan fingerprint density at radius 1 is 0.923 bits per heavy atom. The lowest BCUT2D eigenvalue weighted by Gasteiger charge is -2.19. The van der Waals surface area contributed by atoms with Crippen LogP contribution < -0.4 is 10.1 Å². The Hall–Kier alpha value is -2.12. The molecule has 0 saturated carbocycles. The highest BCUT2D eigenvalue weighted by atomic mass is 16.6. The molecule has 146 valence electrons. The topological polar surface area (TPSA) is 83.1 Å². The van der Waals surface area contributed by atoms with E-state index in [0.29, 0.717) is 38.8 Å².